The molecule has 76 heavy (non-hydrogen) atoms. The molecular formula is C64H62N4O8. The number of fused-ring (bicyclic) bond motifs is 8. The summed E-state index contributed by atoms with van der Waals surface area (Å²) >= 11 is 0. The van der Waals surface area contributed by atoms with Gasteiger partial charge < -0.3 is 28.9 Å². The predicted octanol–water partition coefficient (Wildman–Crippen LogP) is 13.3. The van der Waals surface area contributed by atoms with E-state index in [0.717, 1.165) is 66.8 Å². The Labute approximate surface area is 442 Å². The maximum atomic E-state index is 13.5. The standard InChI is InChI=1S/C64H62N4O8/c1-37(2)73-57(69)33-41-17-9-13-21-45(41)61-49-25-27-51(65-49)62(46-22-14-10-18-42(46)34-58(70)74-38(3)4)53-29-31-55(67-53)64(48-24-16-12-20-44(48)36-60(72)76-40(7)8)56-32-30-54(68-56)63(52-28-26-50(61)66-52)47-23-15-11-19-43(47)35-59(71)75-39(5)6/h9-32,37-40,65,68H,33-36H2,1-8H3. The van der Waals surface area contributed by atoms with Crippen LogP contribution in [0.15, 0.2) is 121 Å². The molecule has 2 aliphatic rings. The Morgan fingerprint density at radius 2 is 0.553 bits per heavy atom. The van der Waals surface area contributed by atoms with Gasteiger partial charge in [-0.1, -0.05) is 97.1 Å². The van der Waals surface area contributed by atoms with Crippen molar-refractivity contribution in [1.29, 1.82) is 0 Å². The summed E-state index contributed by atoms with van der Waals surface area (Å²) in [5, 5.41) is 0. The van der Waals surface area contributed by atoms with Crippen molar-refractivity contribution in [2.75, 3.05) is 0 Å². The van der Waals surface area contributed by atoms with E-state index in [2.05, 4.69) is 9.97 Å². The minimum absolute atomic E-state index is 0.0137. The summed E-state index contributed by atoms with van der Waals surface area (Å²) in [7, 11) is 0. The summed E-state index contributed by atoms with van der Waals surface area (Å²) < 4.78 is 22.7. The number of aromatic amines is 2. The second-order valence-electron chi connectivity index (χ2n) is 20.0. The molecule has 0 radical (unpaired) electrons. The van der Waals surface area contributed by atoms with Crippen LogP contribution in [-0.2, 0) is 63.8 Å². The number of carbonyl (C=O) groups is 4. The summed E-state index contributed by atoms with van der Waals surface area (Å²) in [4.78, 5) is 72.4. The molecule has 0 spiro atoms. The number of aromatic nitrogens is 4. The summed E-state index contributed by atoms with van der Waals surface area (Å²) in [6, 6.07) is 39.1. The molecular weight excluding hydrogens is 953 g/mol. The molecule has 0 atom stereocenters. The van der Waals surface area contributed by atoms with Crippen LogP contribution >= 0.6 is 0 Å². The van der Waals surface area contributed by atoms with Gasteiger partial charge in [-0.25, -0.2) is 9.97 Å². The van der Waals surface area contributed by atoms with Crippen molar-refractivity contribution in [3.05, 3.63) is 166 Å². The number of nitrogens with one attached hydrogen (secondary N) is 2. The molecule has 0 saturated heterocycles. The van der Waals surface area contributed by atoms with Crippen LogP contribution in [0.1, 0.15) is 100 Å². The zero-order valence-electron chi connectivity index (χ0n) is 44.2. The average Bonchev–Trinajstić information content (AvgIpc) is 4.27. The fourth-order valence-electron chi connectivity index (χ4n) is 9.85. The number of hydrogen-bond donors (Lipinski definition) is 2. The van der Waals surface area contributed by atoms with E-state index in [-0.39, 0.29) is 74.0 Å². The summed E-state index contributed by atoms with van der Waals surface area (Å²) in [6.07, 6.45) is 6.74. The van der Waals surface area contributed by atoms with E-state index in [0.29, 0.717) is 44.8 Å². The van der Waals surface area contributed by atoms with Gasteiger partial charge in [0.1, 0.15) is 0 Å². The van der Waals surface area contributed by atoms with Gasteiger partial charge in [0, 0.05) is 44.3 Å². The Bertz CT molecular complexity index is 3150. The maximum Gasteiger partial charge on any atom is 0.310 e. The number of rotatable bonds is 16. The second-order valence-corrected chi connectivity index (χ2v) is 20.0. The van der Waals surface area contributed by atoms with Crippen molar-refractivity contribution in [2.45, 2.75) is 105 Å². The highest BCUT2D eigenvalue weighted by molar-refractivity contribution is 6.02. The molecule has 7 aromatic rings. The quantitative estimate of drug-likeness (QED) is 0.0703. The lowest BCUT2D eigenvalue weighted by Gasteiger charge is -2.14. The van der Waals surface area contributed by atoms with Gasteiger partial charge in [-0.15, -0.1) is 0 Å². The Morgan fingerprint density at radius 3 is 0.763 bits per heavy atom. The molecule has 4 aromatic carbocycles. The molecule has 2 aliphatic heterocycles. The van der Waals surface area contributed by atoms with Crippen LogP contribution in [0.2, 0.25) is 0 Å². The number of carbonyl (C=O) groups excluding carboxylic acids is 4. The normalized spacial score (nSPS) is 11.9. The molecule has 5 heterocycles. The van der Waals surface area contributed by atoms with Crippen molar-refractivity contribution in [1.82, 2.24) is 19.9 Å². The predicted molar refractivity (Wildman–Crippen MR) is 300 cm³/mol. The van der Waals surface area contributed by atoms with Crippen LogP contribution in [0, 0.1) is 0 Å². The Balaban J connectivity index is 1.43. The highest BCUT2D eigenvalue weighted by Crippen LogP contribution is 2.41. The van der Waals surface area contributed by atoms with Gasteiger partial charge in [0.15, 0.2) is 0 Å². The molecule has 9 rings (SSSR count). The van der Waals surface area contributed by atoms with Crippen molar-refractivity contribution < 1.29 is 38.1 Å². The average molecular weight is 1020 g/mol. The molecule has 12 nitrogen and oxygen atoms in total. The minimum atomic E-state index is -0.360. The van der Waals surface area contributed by atoms with Crippen molar-refractivity contribution in [2.24, 2.45) is 0 Å². The molecule has 0 amide bonds. The lowest BCUT2D eigenvalue weighted by atomic mass is 9.96. The van der Waals surface area contributed by atoms with Gasteiger partial charge in [-0.05, 0) is 148 Å². The number of ether oxygens (including phenoxy) is 4. The second kappa shape index (κ2) is 22.9. The van der Waals surface area contributed by atoms with Crippen LogP contribution in [0.4, 0.5) is 0 Å². The zero-order chi connectivity index (χ0) is 53.6. The highest BCUT2D eigenvalue weighted by Gasteiger charge is 2.25. The topological polar surface area (TPSA) is 163 Å². The van der Waals surface area contributed by atoms with Crippen molar-refractivity contribution in [3.8, 4) is 44.5 Å². The third-order valence-corrected chi connectivity index (χ3v) is 12.7. The number of H-pyrrole nitrogens is 2. The van der Waals surface area contributed by atoms with E-state index in [1.54, 1.807) is 0 Å². The molecule has 0 saturated carbocycles. The summed E-state index contributed by atoms with van der Waals surface area (Å²) in [6.45, 7) is 14.6. The van der Waals surface area contributed by atoms with E-state index < -0.39 is 0 Å². The van der Waals surface area contributed by atoms with Crippen molar-refractivity contribution >= 4 is 70.2 Å². The van der Waals surface area contributed by atoms with Crippen LogP contribution in [-0.4, -0.2) is 68.2 Å². The smallest absolute Gasteiger partial charge is 0.310 e. The maximum absolute atomic E-state index is 13.5. The third kappa shape index (κ3) is 11.8. The molecule has 3 aromatic heterocycles. The molecule has 8 bridgehead atoms. The van der Waals surface area contributed by atoms with E-state index in [9.17, 15) is 19.2 Å². The largest absolute Gasteiger partial charge is 0.463 e. The Kier molecular flexibility index (Phi) is 15.7. The first-order valence-electron chi connectivity index (χ1n) is 25.9. The summed E-state index contributed by atoms with van der Waals surface area (Å²) in [5.41, 5.74) is 14.2. The molecule has 386 valence electrons. The van der Waals surface area contributed by atoms with Crippen LogP contribution in [0.25, 0.3) is 90.9 Å². The summed E-state index contributed by atoms with van der Waals surface area (Å²) in [5.74, 6) is -1.44. The van der Waals surface area contributed by atoms with Crippen LogP contribution in [0.5, 0.6) is 0 Å². The third-order valence-electron chi connectivity index (χ3n) is 12.7. The zero-order valence-corrected chi connectivity index (χ0v) is 44.2. The number of hydrogen-bond acceptors (Lipinski definition) is 10. The highest BCUT2D eigenvalue weighted by atomic mass is 16.6. The Hall–Kier alpha value is -8.64. The van der Waals surface area contributed by atoms with Gasteiger partial charge >= 0.3 is 23.9 Å². The SMILES string of the molecule is CC(C)OC(=O)Cc1ccccc1-c1c2nc(c(-c3ccccc3CC(=O)OC(C)C)c3ccc([nH]3)c(-c3ccccc3CC(=O)OC(C)C)c3nc(c(-c4ccccc4CC(=O)OC(C)C)c4ccc1[nH]4)C=C3)C=C2. The molecule has 12 heteroatoms. The lowest BCUT2D eigenvalue weighted by molar-refractivity contribution is -0.147. The molecule has 0 aliphatic carbocycles. The van der Waals surface area contributed by atoms with E-state index in [4.69, 9.17) is 28.9 Å². The first kappa shape index (κ1) is 52.2. The number of esters is 4. The minimum Gasteiger partial charge on any atom is -0.463 e. The molecule has 0 fully saturated rings. The van der Waals surface area contributed by atoms with Gasteiger partial charge in [-0.2, -0.15) is 0 Å². The molecule has 0 unspecified atom stereocenters. The van der Waals surface area contributed by atoms with Gasteiger partial charge in [0.2, 0.25) is 0 Å². The number of nitrogens with zero attached hydrogens (tertiary/aromatic N) is 2. The molecule has 2 N–H and O–H groups in total. The van der Waals surface area contributed by atoms with Crippen LogP contribution in [0.3, 0.4) is 0 Å². The first-order chi connectivity index (χ1) is 36.6. The lowest BCUT2D eigenvalue weighted by Crippen LogP contribution is -2.14. The number of benzene rings is 4. The van der Waals surface area contributed by atoms with Gasteiger partial charge in [0.25, 0.3) is 0 Å². The monoisotopic (exact) mass is 1010 g/mol. The Morgan fingerprint density at radius 1 is 0.342 bits per heavy atom. The van der Waals surface area contributed by atoms with E-state index in [1.165, 1.54) is 0 Å². The first-order valence-corrected chi connectivity index (χ1v) is 25.9. The van der Waals surface area contributed by atoms with Gasteiger partial charge in [-0.3, -0.25) is 19.2 Å². The van der Waals surface area contributed by atoms with E-state index in [1.807, 2.05) is 201 Å². The fraction of sp³-hybridized carbons (Fsp3) is 0.250. The van der Waals surface area contributed by atoms with Crippen molar-refractivity contribution in [3.63, 3.8) is 0 Å². The van der Waals surface area contributed by atoms with Gasteiger partial charge in [0.05, 0.1) is 72.9 Å². The van der Waals surface area contributed by atoms with Crippen LogP contribution < -0.4 is 0 Å². The van der Waals surface area contributed by atoms with E-state index >= 15 is 0 Å². The fourth-order valence-corrected chi connectivity index (χ4v) is 9.85.